The maximum absolute atomic E-state index is 12.1. The Labute approximate surface area is 102 Å². The Kier molecular flexibility index (Phi) is 3.28. The van der Waals surface area contributed by atoms with Crippen molar-refractivity contribution in [1.82, 2.24) is 0 Å². The van der Waals surface area contributed by atoms with Crippen LogP contribution in [-0.4, -0.2) is 25.8 Å². The molecular weight excluding hydrogens is 238 g/mol. The van der Waals surface area contributed by atoms with Crippen LogP contribution in [0.3, 0.4) is 0 Å². The molecule has 4 nitrogen and oxygen atoms in total. The molecule has 1 aliphatic rings. The minimum atomic E-state index is -3.30. The largest absolute Gasteiger partial charge is 0.506 e. The minimum absolute atomic E-state index is 0.0573. The highest BCUT2D eigenvalue weighted by Gasteiger charge is 2.28. The van der Waals surface area contributed by atoms with Crippen LogP contribution in [0.2, 0.25) is 0 Å². The van der Waals surface area contributed by atoms with E-state index in [-0.39, 0.29) is 11.5 Å². The van der Waals surface area contributed by atoms with Crippen molar-refractivity contribution in [2.24, 2.45) is 0 Å². The van der Waals surface area contributed by atoms with Gasteiger partial charge in [-0.1, -0.05) is 19.1 Å². The predicted octanol–water partition coefficient (Wildman–Crippen LogP) is 1.88. The van der Waals surface area contributed by atoms with Crippen molar-refractivity contribution in [2.45, 2.75) is 26.2 Å². The van der Waals surface area contributed by atoms with E-state index in [0.717, 1.165) is 18.4 Å². The molecule has 1 aliphatic heterocycles. The second-order valence-electron chi connectivity index (χ2n) is 4.28. The number of phenols is 1. The number of fused-ring (bicyclic) bond motifs is 1. The molecule has 0 fully saturated rings. The number of anilines is 1. The monoisotopic (exact) mass is 255 g/mol. The third-order valence-electron chi connectivity index (χ3n) is 2.95. The Bertz CT molecular complexity index is 510. The first kappa shape index (κ1) is 12.2. The predicted molar refractivity (Wildman–Crippen MR) is 67.9 cm³/mol. The fourth-order valence-corrected chi connectivity index (χ4v) is 3.87. The fraction of sp³-hybridized carbons (Fsp3) is 0.500. The van der Waals surface area contributed by atoms with Crippen molar-refractivity contribution in [3.05, 3.63) is 23.8 Å². The van der Waals surface area contributed by atoms with E-state index in [9.17, 15) is 13.5 Å². The highest BCUT2D eigenvalue weighted by Crippen LogP contribution is 2.37. The van der Waals surface area contributed by atoms with Gasteiger partial charge in [-0.15, -0.1) is 0 Å². The van der Waals surface area contributed by atoms with Crippen LogP contribution in [0.25, 0.3) is 0 Å². The van der Waals surface area contributed by atoms with Crippen molar-refractivity contribution >= 4 is 15.7 Å². The van der Waals surface area contributed by atoms with Gasteiger partial charge in [0.2, 0.25) is 10.0 Å². The van der Waals surface area contributed by atoms with E-state index in [1.165, 1.54) is 4.31 Å². The van der Waals surface area contributed by atoms with Gasteiger partial charge in [0.15, 0.2) is 0 Å². The Balaban J connectivity index is 2.48. The number of sulfonamides is 1. The van der Waals surface area contributed by atoms with Crippen LogP contribution in [0.15, 0.2) is 18.2 Å². The molecule has 2 rings (SSSR count). The molecule has 0 aromatic heterocycles. The molecular formula is C12H17NO3S. The zero-order chi connectivity index (χ0) is 12.5. The van der Waals surface area contributed by atoms with Gasteiger partial charge < -0.3 is 5.11 Å². The number of hydrogen-bond donors (Lipinski definition) is 1. The molecule has 0 amide bonds. The Hall–Kier alpha value is -1.23. The van der Waals surface area contributed by atoms with Crippen molar-refractivity contribution in [1.29, 1.82) is 0 Å². The number of hydrogen-bond acceptors (Lipinski definition) is 3. The van der Waals surface area contributed by atoms with Crippen LogP contribution in [0.5, 0.6) is 5.75 Å². The van der Waals surface area contributed by atoms with Crippen LogP contribution in [-0.2, 0) is 16.4 Å². The summed E-state index contributed by atoms with van der Waals surface area (Å²) >= 11 is 0. The second-order valence-corrected chi connectivity index (χ2v) is 6.29. The van der Waals surface area contributed by atoms with Gasteiger partial charge in [0.1, 0.15) is 5.75 Å². The van der Waals surface area contributed by atoms with E-state index in [4.69, 9.17) is 0 Å². The lowest BCUT2D eigenvalue weighted by Crippen LogP contribution is -2.37. The average Bonchev–Trinajstić information content (AvgIpc) is 2.28. The van der Waals surface area contributed by atoms with Crippen molar-refractivity contribution in [3.8, 4) is 5.75 Å². The smallest absolute Gasteiger partial charge is 0.235 e. The summed E-state index contributed by atoms with van der Waals surface area (Å²) in [7, 11) is -3.30. The topological polar surface area (TPSA) is 57.6 Å². The SMILES string of the molecule is CCCS(=O)(=O)N1CCCc2cccc(O)c21. The van der Waals surface area contributed by atoms with Gasteiger partial charge in [0, 0.05) is 6.54 Å². The summed E-state index contributed by atoms with van der Waals surface area (Å²) in [5.74, 6) is 0.183. The molecule has 1 N–H and O–H groups in total. The lowest BCUT2D eigenvalue weighted by atomic mass is 10.0. The van der Waals surface area contributed by atoms with Crippen LogP contribution < -0.4 is 4.31 Å². The highest BCUT2D eigenvalue weighted by atomic mass is 32.2. The van der Waals surface area contributed by atoms with Crippen molar-refractivity contribution in [3.63, 3.8) is 0 Å². The molecule has 0 bridgehead atoms. The van der Waals surface area contributed by atoms with E-state index in [0.29, 0.717) is 18.7 Å². The molecule has 17 heavy (non-hydrogen) atoms. The zero-order valence-electron chi connectivity index (χ0n) is 9.89. The summed E-state index contributed by atoms with van der Waals surface area (Å²) in [4.78, 5) is 0. The quantitative estimate of drug-likeness (QED) is 0.897. The number of aromatic hydroxyl groups is 1. The van der Waals surface area contributed by atoms with E-state index in [1.54, 1.807) is 12.1 Å². The van der Waals surface area contributed by atoms with Crippen LogP contribution in [0.4, 0.5) is 5.69 Å². The number of phenolic OH excluding ortho intramolecular Hbond substituents is 1. The third-order valence-corrected chi connectivity index (χ3v) is 4.91. The van der Waals surface area contributed by atoms with Crippen LogP contribution in [0, 0.1) is 0 Å². The molecule has 0 unspecified atom stereocenters. The molecule has 5 heteroatoms. The zero-order valence-corrected chi connectivity index (χ0v) is 10.7. The van der Waals surface area contributed by atoms with Gasteiger partial charge in [0.05, 0.1) is 11.4 Å². The summed E-state index contributed by atoms with van der Waals surface area (Å²) in [6.07, 6.45) is 2.21. The summed E-state index contributed by atoms with van der Waals surface area (Å²) < 4.78 is 25.6. The maximum atomic E-state index is 12.1. The Morgan fingerprint density at radius 1 is 1.41 bits per heavy atom. The number of benzene rings is 1. The van der Waals surface area contributed by atoms with Crippen molar-refractivity contribution in [2.75, 3.05) is 16.6 Å². The number of para-hydroxylation sites is 1. The molecule has 0 atom stereocenters. The fourth-order valence-electron chi connectivity index (χ4n) is 2.24. The molecule has 0 radical (unpaired) electrons. The minimum Gasteiger partial charge on any atom is -0.506 e. The molecule has 0 saturated carbocycles. The molecule has 0 aliphatic carbocycles. The van der Waals surface area contributed by atoms with Crippen LogP contribution in [0.1, 0.15) is 25.3 Å². The summed E-state index contributed by atoms with van der Waals surface area (Å²) in [6.45, 7) is 2.31. The lowest BCUT2D eigenvalue weighted by molar-refractivity contribution is 0.472. The van der Waals surface area contributed by atoms with E-state index >= 15 is 0 Å². The van der Waals surface area contributed by atoms with Gasteiger partial charge in [0.25, 0.3) is 0 Å². The molecule has 1 aromatic carbocycles. The summed E-state index contributed by atoms with van der Waals surface area (Å²) in [5.41, 5.74) is 1.39. The van der Waals surface area contributed by atoms with Gasteiger partial charge in [-0.3, -0.25) is 4.31 Å². The summed E-state index contributed by atoms with van der Waals surface area (Å²) in [5, 5.41) is 9.85. The molecule has 0 spiro atoms. The molecule has 94 valence electrons. The number of nitrogens with zero attached hydrogens (tertiary/aromatic N) is 1. The molecule has 1 aromatic rings. The van der Waals surface area contributed by atoms with Gasteiger partial charge in [-0.05, 0) is 30.9 Å². The first-order chi connectivity index (χ1) is 8.06. The average molecular weight is 255 g/mol. The lowest BCUT2D eigenvalue weighted by Gasteiger charge is -2.30. The highest BCUT2D eigenvalue weighted by molar-refractivity contribution is 7.92. The first-order valence-electron chi connectivity index (χ1n) is 5.87. The van der Waals surface area contributed by atoms with E-state index < -0.39 is 10.0 Å². The Morgan fingerprint density at radius 2 is 2.18 bits per heavy atom. The van der Waals surface area contributed by atoms with Gasteiger partial charge >= 0.3 is 0 Å². The molecule has 1 heterocycles. The van der Waals surface area contributed by atoms with Crippen LogP contribution >= 0.6 is 0 Å². The standard InChI is InChI=1S/C12H17NO3S/c1-2-9-17(15,16)13-8-4-6-10-5-3-7-11(14)12(10)13/h3,5,7,14H,2,4,6,8-9H2,1H3. The van der Waals surface area contributed by atoms with Gasteiger partial charge in [-0.25, -0.2) is 8.42 Å². The van der Waals surface area contributed by atoms with E-state index in [2.05, 4.69) is 0 Å². The second kappa shape index (κ2) is 4.56. The van der Waals surface area contributed by atoms with Gasteiger partial charge in [-0.2, -0.15) is 0 Å². The van der Waals surface area contributed by atoms with Crippen molar-refractivity contribution < 1.29 is 13.5 Å². The maximum Gasteiger partial charge on any atom is 0.235 e. The Morgan fingerprint density at radius 3 is 2.88 bits per heavy atom. The third kappa shape index (κ3) is 2.24. The molecule has 0 saturated heterocycles. The normalized spacial score (nSPS) is 15.7. The summed E-state index contributed by atoms with van der Waals surface area (Å²) in [6, 6.07) is 5.17. The number of aryl methyl sites for hydroxylation is 1. The van der Waals surface area contributed by atoms with E-state index in [1.807, 2.05) is 13.0 Å². The number of rotatable bonds is 3. The first-order valence-corrected chi connectivity index (χ1v) is 7.48.